The van der Waals surface area contributed by atoms with Gasteiger partial charge in [0.1, 0.15) is 5.56 Å². The largest absolute Gasteiger partial charge is 0.513 e. The van der Waals surface area contributed by atoms with Crippen LogP contribution in [0.4, 0.5) is 15.3 Å². The van der Waals surface area contributed by atoms with E-state index in [1.165, 1.54) is 89.5 Å². The van der Waals surface area contributed by atoms with Crippen LogP contribution in [0.3, 0.4) is 0 Å². The van der Waals surface area contributed by atoms with Crippen LogP contribution in [0.25, 0.3) is 0 Å². The molecule has 1 rings (SSSR count). The third-order valence-corrected chi connectivity index (χ3v) is 6.28. The van der Waals surface area contributed by atoms with Gasteiger partial charge in [0.2, 0.25) is 0 Å². The third kappa shape index (κ3) is 16.2. The van der Waals surface area contributed by atoms with Gasteiger partial charge in [-0.2, -0.15) is 0 Å². The van der Waals surface area contributed by atoms with Crippen LogP contribution in [0.5, 0.6) is 5.75 Å². The highest BCUT2D eigenvalue weighted by atomic mass is 16.7. The molecule has 0 aromatic heterocycles. The summed E-state index contributed by atoms with van der Waals surface area (Å²) in [6, 6.07) is 4.31. The van der Waals surface area contributed by atoms with Gasteiger partial charge in [-0.15, -0.1) is 0 Å². The zero-order valence-electron chi connectivity index (χ0n) is 23.8. The molecule has 0 fully saturated rings. The van der Waals surface area contributed by atoms with E-state index < -0.39 is 18.2 Å². The van der Waals surface area contributed by atoms with Crippen LogP contribution >= 0.6 is 0 Å². The number of ether oxygens (including phenoxy) is 4. The van der Waals surface area contributed by atoms with Crippen LogP contribution in [0.15, 0.2) is 18.2 Å². The van der Waals surface area contributed by atoms with Crippen LogP contribution in [0, 0.1) is 0 Å². The molecule has 1 aromatic carbocycles. The molecule has 8 nitrogen and oxygen atoms in total. The van der Waals surface area contributed by atoms with Crippen molar-refractivity contribution in [3.63, 3.8) is 0 Å². The van der Waals surface area contributed by atoms with Crippen molar-refractivity contribution in [3.8, 4) is 5.75 Å². The van der Waals surface area contributed by atoms with E-state index in [0.29, 0.717) is 12.3 Å². The minimum absolute atomic E-state index is 0.0504. The lowest BCUT2D eigenvalue weighted by Gasteiger charge is -2.12. The van der Waals surface area contributed by atoms with Gasteiger partial charge in [-0.1, -0.05) is 104 Å². The Kier molecular flexibility index (Phi) is 19.5. The summed E-state index contributed by atoms with van der Waals surface area (Å²) in [6.07, 6.45) is 16.8. The highest BCUT2D eigenvalue weighted by molar-refractivity contribution is 5.95. The Labute approximate surface area is 229 Å². The van der Waals surface area contributed by atoms with Crippen molar-refractivity contribution in [1.82, 2.24) is 0 Å². The molecular formula is C30H49NO7. The van der Waals surface area contributed by atoms with Crippen molar-refractivity contribution in [3.05, 3.63) is 23.8 Å². The predicted molar refractivity (Wildman–Crippen MR) is 150 cm³/mol. The molecule has 1 N–H and O–H groups in total. The van der Waals surface area contributed by atoms with E-state index in [1.807, 2.05) is 0 Å². The number of methoxy groups -OCH3 is 1. The highest BCUT2D eigenvalue weighted by Crippen LogP contribution is 2.25. The van der Waals surface area contributed by atoms with Gasteiger partial charge in [0.15, 0.2) is 5.75 Å². The Bertz CT molecular complexity index is 797. The fourth-order valence-corrected chi connectivity index (χ4v) is 4.03. The zero-order chi connectivity index (χ0) is 27.8. The molecule has 0 saturated carbocycles. The molecule has 0 aliphatic rings. The Morgan fingerprint density at radius 1 is 0.684 bits per heavy atom. The number of carbonyl (C=O) groups excluding carboxylic acids is 3. The van der Waals surface area contributed by atoms with Crippen LogP contribution in [0.2, 0.25) is 0 Å². The molecule has 0 saturated heterocycles. The van der Waals surface area contributed by atoms with Crippen LogP contribution in [-0.4, -0.2) is 38.5 Å². The quantitative estimate of drug-likeness (QED) is 0.0726. The van der Waals surface area contributed by atoms with Crippen LogP contribution in [0.1, 0.15) is 127 Å². The van der Waals surface area contributed by atoms with Crippen molar-refractivity contribution in [2.24, 2.45) is 0 Å². The Morgan fingerprint density at radius 2 is 1.18 bits per heavy atom. The van der Waals surface area contributed by atoms with Gasteiger partial charge in [-0.25, -0.2) is 14.4 Å². The van der Waals surface area contributed by atoms with Gasteiger partial charge in [-0.05, 0) is 25.0 Å². The van der Waals surface area contributed by atoms with Crippen molar-refractivity contribution >= 4 is 23.9 Å². The Hall–Kier alpha value is -2.77. The Morgan fingerprint density at radius 3 is 1.71 bits per heavy atom. The topological polar surface area (TPSA) is 100 Å². The molecule has 38 heavy (non-hydrogen) atoms. The molecule has 0 atom stereocenters. The summed E-state index contributed by atoms with van der Waals surface area (Å²) in [5.74, 6) is -0.724. The number of hydrogen-bond donors (Lipinski definition) is 1. The summed E-state index contributed by atoms with van der Waals surface area (Å²) in [5, 5.41) is 2.60. The molecule has 0 aliphatic carbocycles. The number of esters is 1. The monoisotopic (exact) mass is 535 g/mol. The molecule has 0 spiro atoms. The van der Waals surface area contributed by atoms with E-state index in [4.69, 9.17) is 18.9 Å². The standard InChI is InChI=1S/C30H49NO7/c1-4-6-8-10-12-14-16-18-22-36-29(33)31-25-20-21-26(28(32)35-3)27(24-25)38-30(34)37-23-19-17-15-13-11-9-7-5-2/h20-21,24H,4-19,22-23H2,1-3H3,(H,31,33). The minimum atomic E-state index is -0.910. The molecule has 0 bridgehead atoms. The van der Waals surface area contributed by atoms with Gasteiger partial charge in [0, 0.05) is 11.8 Å². The van der Waals surface area contributed by atoms with Crippen molar-refractivity contribution in [2.45, 2.75) is 117 Å². The number of benzene rings is 1. The number of rotatable bonds is 21. The number of nitrogens with one attached hydrogen (secondary N) is 1. The second-order valence-corrected chi connectivity index (χ2v) is 9.61. The maximum atomic E-state index is 12.2. The predicted octanol–water partition coefficient (Wildman–Crippen LogP) is 8.82. The highest BCUT2D eigenvalue weighted by Gasteiger charge is 2.18. The summed E-state index contributed by atoms with van der Waals surface area (Å²) in [4.78, 5) is 36.5. The normalized spacial score (nSPS) is 10.6. The maximum Gasteiger partial charge on any atom is 0.513 e. The number of carbonyl (C=O) groups is 3. The van der Waals surface area contributed by atoms with Crippen molar-refractivity contribution in [2.75, 3.05) is 25.6 Å². The third-order valence-electron chi connectivity index (χ3n) is 6.28. The lowest BCUT2D eigenvalue weighted by molar-refractivity contribution is 0.0594. The van der Waals surface area contributed by atoms with Gasteiger partial charge in [-0.3, -0.25) is 5.32 Å². The first-order valence-electron chi connectivity index (χ1n) is 14.5. The number of amides is 1. The summed E-state index contributed by atoms with van der Waals surface area (Å²) < 4.78 is 20.5. The zero-order valence-corrected chi connectivity index (χ0v) is 23.8. The first-order valence-corrected chi connectivity index (χ1v) is 14.5. The lowest BCUT2D eigenvalue weighted by atomic mass is 10.1. The number of hydrogen-bond acceptors (Lipinski definition) is 7. The van der Waals surface area contributed by atoms with Gasteiger partial charge in [0.05, 0.1) is 20.3 Å². The molecule has 0 unspecified atom stereocenters. The van der Waals surface area contributed by atoms with E-state index in [1.54, 1.807) is 0 Å². The summed E-state index contributed by atoms with van der Waals surface area (Å²) >= 11 is 0. The molecule has 1 aromatic rings. The number of unbranched alkanes of at least 4 members (excludes halogenated alkanes) is 14. The van der Waals surface area contributed by atoms with Crippen molar-refractivity contribution < 1.29 is 33.3 Å². The second-order valence-electron chi connectivity index (χ2n) is 9.61. The SMILES string of the molecule is CCCCCCCCCCOC(=O)Nc1ccc(C(=O)OC)c(OC(=O)OCCCCCCCCCC)c1. The lowest BCUT2D eigenvalue weighted by Crippen LogP contribution is -2.16. The van der Waals surface area contributed by atoms with Gasteiger partial charge < -0.3 is 18.9 Å². The maximum absolute atomic E-state index is 12.2. The first-order chi connectivity index (χ1) is 18.5. The van der Waals surface area contributed by atoms with E-state index >= 15 is 0 Å². The van der Waals surface area contributed by atoms with Crippen molar-refractivity contribution in [1.29, 1.82) is 0 Å². The van der Waals surface area contributed by atoms with Gasteiger partial charge in [0.25, 0.3) is 0 Å². The first kappa shape index (κ1) is 33.3. The summed E-state index contributed by atoms with van der Waals surface area (Å²) in [5.41, 5.74) is 0.374. The van der Waals surface area contributed by atoms with E-state index in [9.17, 15) is 14.4 Å². The Balaban J connectivity index is 2.42. The van der Waals surface area contributed by atoms with E-state index in [-0.39, 0.29) is 17.9 Å². The second kappa shape index (κ2) is 22.2. The fraction of sp³-hybridized carbons (Fsp3) is 0.700. The van der Waals surface area contributed by atoms with Crippen LogP contribution < -0.4 is 10.1 Å². The average molecular weight is 536 g/mol. The summed E-state index contributed by atoms with van der Waals surface area (Å²) in [6.45, 7) is 4.97. The minimum Gasteiger partial charge on any atom is -0.465 e. The smallest absolute Gasteiger partial charge is 0.465 e. The summed E-state index contributed by atoms with van der Waals surface area (Å²) in [7, 11) is 1.24. The molecule has 216 valence electrons. The molecule has 0 aliphatic heterocycles. The van der Waals surface area contributed by atoms with Crippen LogP contribution in [-0.2, 0) is 14.2 Å². The van der Waals surface area contributed by atoms with E-state index in [0.717, 1.165) is 38.5 Å². The fourth-order valence-electron chi connectivity index (χ4n) is 4.03. The molecular weight excluding hydrogens is 486 g/mol. The van der Waals surface area contributed by atoms with Gasteiger partial charge >= 0.3 is 18.2 Å². The molecule has 1 amide bonds. The number of anilines is 1. The average Bonchev–Trinajstić information content (AvgIpc) is 2.91. The van der Waals surface area contributed by atoms with E-state index in [2.05, 4.69) is 19.2 Å². The molecule has 8 heteroatoms. The molecule has 0 heterocycles. The molecule has 0 radical (unpaired) electrons.